The Morgan fingerprint density at radius 3 is 2.90 bits per heavy atom. The Hall–Kier alpha value is -1.44. The van der Waals surface area contributed by atoms with Crippen molar-refractivity contribution in [1.82, 2.24) is 10.3 Å². The zero-order valence-electron chi connectivity index (χ0n) is 10.5. The molecule has 0 saturated carbocycles. The lowest BCUT2D eigenvalue weighted by Crippen LogP contribution is -2.21. The Bertz CT molecular complexity index is 624. The zero-order chi connectivity index (χ0) is 14.5. The summed E-state index contributed by atoms with van der Waals surface area (Å²) in [6, 6.07) is 3.33. The molecular formula is C12H11ClN2O3S2. The largest absolute Gasteiger partial charge is 0.461 e. The molecular weight excluding hydrogens is 320 g/mol. The summed E-state index contributed by atoms with van der Waals surface area (Å²) in [5.74, 6) is -0.666. The molecule has 2 rings (SSSR count). The molecule has 2 aromatic heterocycles. The second-order valence-corrected chi connectivity index (χ2v) is 6.29. The third-order valence-electron chi connectivity index (χ3n) is 2.23. The van der Waals surface area contributed by atoms with Gasteiger partial charge in [-0.2, -0.15) is 0 Å². The van der Waals surface area contributed by atoms with Gasteiger partial charge in [0.1, 0.15) is 5.01 Å². The van der Waals surface area contributed by atoms with Crippen LogP contribution in [-0.2, 0) is 11.3 Å². The van der Waals surface area contributed by atoms with Gasteiger partial charge in [0, 0.05) is 5.38 Å². The number of rotatable bonds is 5. The lowest BCUT2D eigenvalue weighted by Gasteiger charge is -2.00. The summed E-state index contributed by atoms with van der Waals surface area (Å²) in [6.07, 6.45) is 0. The Morgan fingerprint density at radius 2 is 2.25 bits per heavy atom. The van der Waals surface area contributed by atoms with E-state index in [1.54, 1.807) is 24.4 Å². The average Bonchev–Trinajstić information content (AvgIpc) is 3.05. The van der Waals surface area contributed by atoms with Crippen molar-refractivity contribution in [1.29, 1.82) is 0 Å². The molecule has 0 atom stereocenters. The molecule has 8 heteroatoms. The topological polar surface area (TPSA) is 68.3 Å². The molecule has 0 bridgehead atoms. The molecule has 0 saturated heterocycles. The van der Waals surface area contributed by atoms with Crippen molar-refractivity contribution < 1.29 is 14.3 Å². The second-order valence-electron chi connectivity index (χ2n) is 3.63. The Balaban J connectivity index is 1.91. The molecule has 0 fully saturated rings. The number of nitrogens with one attached hydrogen (secondary N) is 1. The Labute approximate surface area is 128 Å². The van der Waals surface area contributed by atoms with Gasteiger partial charge in [-0.3, -0.25) is 4.79 Å². The Kier molecular flexibility index (Phi) is 5.11. The number of thiophene rings is 1. The van der Waals surface area contributed by atoms with Crippen LogP contribution >= 0.6 is 34.3 Å². The fraction of sp³-hybridized carbons (Fsp3) is 0.250. The van der Waals surface area contributed by atoms with Crippen molar-refractivity contribution in [3.63, 3.8) is 0 Å². The summed E-state index contributed by atoms with van der Waals surface area (Å²) in [5, 5.41) is 4.98. The lowest BCUT2D eigenvalue weighted by molar-refractivity contribution is 0.0520. The van der Waals surface area contributed by atoms with Crippen LogP contribution in [-0.4, -0.2) is 23.5 Å². The third-order valence-corrected chi connectivity index (χ3v) is 4.31. The number of halogens is 1. The molecule has 0 aliphatic rings. The van der Waals surface area contributed by atoms with Crippen molar-refractivity contribution in [2.24, 2.45) is 0 Å². The fourth-order valence-corrected chi connectivity index (χ4v) is 3.03. The van der Waals surface area contributed by atoms with Crippen molar-refractivity contribution in [3.8, 4) is 0 Å². The van der Waals surface area contributed by atoms with Gasteiger partial charge in [-0.1, -0.05) is 11.6 Å². The minimum Gasteiger partial charge on any atom is -0.461 e. The molecule has 20 heavy (non-hydrogen) atoms. The maximum Gasteiger partial charge on any atom is 0.357 e. The number of esters is 1. The van der Waals surface area contributed by atoms with Crippen LogP contribution < -0.4 is 5.32 Å². The van der Waals surface area contributed by atoms with Gasteiger partial charge in [0.15, 0.2) is 5.69 Å². The first-order valence-electron chi connectivity index (χ1n) is 5.75. The first-order valence-corrected chi connectivity index (χ1v) is 7.82. The van der Waals surface area contributed by atoms with E-state index in [9.17, 15) is 9.59 Å². The van der Waals surface area contributed by atoms with Crippen molar-refractivity contribution in [3.05, 3.63) is 37.4 Å². The number of thiazole rings is 1. The number of carbonyl (C=O) groups excluding carboxylic acids is 2. The van der Waals surface area contributed by atoms with Crippen LogP contribution in [0.1, 0.15) is 32.1 Å². The van der Waals surface area contributed by atoms with Crippen LogP contribution in [0, 0.1) is 0 Å². The first-order chi connectivity index (χ1) is 9.60. The summed E-state index contributed by atoms with van der Waals surface area (Å²) >= 11 is 8.27. The van der Waals surface area contributed by atoms with Gasteiger partial charge in [-0.05, 0) is 19.1 Å². The molecule has 0 unspecified atom stereocenters. The predicted octanol–water partition coefficient (Wildman–Crippen LogP) is 2.96. The highest BCUT2D eigenvalue weighted by molar-refractivity contribution is 7.18. The molecule has 0 radical (unpaired) electrons. The predicted molar refractivity (Wildman–Crippen MR) is 78.6 cm³/mol. The highest BCUT2D eigenvalue weighted by Crippen LogP contribution is 2.21. The summed E-state index contributed by atoms with van der Waals surface area (Å²) < 4.78 is 5.41. The van der Waals surface area contributed by atoms with Gasteiger partial charge in [0.2, 0.25) is 0 Å². The molecule has 1 amide bonds. The van der Waals surface area contributed by atoms with Crippen LogP contribution in [0.4, 0.5) is 0 Å². The first kappa shape index (κ1) is 15.0. The summed E-state index contributed by atoms with van der Waals surface area (Å²) in [7, 11) is 0. The molecule has 5 nitrogen and oxygen atoms in total. The van der Waals surface area contributed by atoms with Crippen molar-refractivity contribution in [2.45, 2.75) is 13.5 Å². The second kappa shape index (κ2) is 6.83. The van der Waals surface area contributed by atoms with E-state index < -0.39 is 5.97 Å². The number of aromatic nitrogens is 1. The van der Waals surface area contributed by atoms with Gasteiger partial charge in [0.25, 0.3) is 5.91 Å². The highest BCUT2D eigenvalue weighted by Gasteiger charge is 2.13. The van der Waals surface area contributed by atoms with Crippen molar-refractivity contribution in [2.75, 3.05) is 6.61 Å². The third kappa shape index (κ3) is 3.78. The lowest BCUT2D eigenvalue weighted by atomic mass is 10.4. The minimum atomic E-state index is -0.452. The van der Waals surface area contributed by atoms with E-state index in [1.807, 2.05) is 0 Å². The van der Waals surface area contributed by atoms with Crippen molar-refractivity contribution >= 4 is 46.2 Å². The van der Waals surface area contributed by atoms with E-state index in [2.05, 4.69) is 10.3 Å². The van der Waals surface area contributed by atoms with E-state index in [-0.39, 0.29) is 18.1 Å². The van der Waals surface area contributed by atoms with Gasteiger partial charge >= 0.3 is 5.97 Å². The quantitative estimate of drug-likeness (QED) is 0.856. The van der Waals surface area contributed by atoms with Gasteiger partial charge < -0.3 is 10.1 Å². The van der Waals surface area contributed by atoms with Crippen LogP contribution in [0.25, 0.3) is 0 Å². The van der Waals surface area contributed by atoms with Gasteiger partial charge in [0.05, 0.1) is 22.4 Å². The van der Waals surface area contributed by atoms with Crippen LogP contribution in [0.15, 0.2) is 17.5 Å². The number of nitrogens with zero attached hydrogens (tertiary/aromatic N) is 1. The van der Waals surface area contributed by atoms with E-state index in [0.717, 1.165) is 0 Å². The molecule has 0 aliphatic carbocycles. The van der Waals surface area contributed by atoms with Crippen LogP contribution in [0.5, 0.6) is 0 Å². The molecule has 2 heterocycles. The summed E-state index contributed by atoms with van der Waals surface area (Å²) in [4.78, 5) is 27.9. The average molecular weight is 331 g/mol. The smallest absolute Gasteiger partial charge is 0.357 e. The number of carbonyl (C=O) groups is 2. The molecule has 2 aromatic rings. The molecule has 106 valence electrons. The minimum absolute atomic E-state index is 0.213. The molecule has 0 spiro atoms. The summed E-state index contributed by atoms with van der Waals surface area (Å²) in [6.45, 7) is 2.30. The molecule has 0 aliphatic heterocycles. The zero-order valence-corrected chi connectivity index (χ0v) is 12.9. The monoisotopic (exact) mass is 330 g/mol. The molecule has 0 aromatic carbocycles. The maximum absolute atomic E-state index is 11.8. The van der Waals surface area contributed by atoms with Crippen LogP contribution in [0.3, 0.4) is 0 Å². The van der Waals surface area contributed by atoms with Crippen LogP contribution in [0.2, 0.25) is 4.34 Å². The van der Waals surface area contributed by atoms with E-state index in [4.69, 9.17) is 16.3 Å². The Morgan fingerprint density at radius 1 is 1.45 bits per heavy atom. The summed E-state index contributed by atoms with van der Waals surface area (Å²) in [5.41, 5.74) is 0.264. The number of hydrogen-bond donors (Lipinski definition) is 1. The highest BCUT2D eigenvalue weighted by atomic mass is 35.5. The molecule has 1 N–H and O–H groups in total. The standard InChI is InChI=1S/C12H11ClN2O3S2/c1-2-18-12(17)7-6-19-10(15-7)5-14-11(16)8-3-4-9(13)20-8/h3-4,6H,2,5H2,1H3,(H,14,16). The number of hydrogen-bond acceptors (Lipinski definition) is 6. The maximum atomic E-state index is 11.8. The fourth-order valence-electron chi connectivity index (χ4n) is 1.37. The van der Waals surface area contributed by atoms with Gasteiger partial charge in [-0.15, -0.1) is 22.7 Å². The van der Waals surface area contributed by atoms with E-state index >= 15 is 0 Å². The SMILES string of the molecule is CCOC(=O)c1csc(CNC(=O)c2ccc(Cl)s2)n1. The normalized spacial score (nSPS) is 10.3. The number of ether oxygens (including phenoxy) is 1. The van der Waals surface area contributed by atoms with E-state index in [0.29, 0.717) is 20.8 Å². The van der Waals surface area contributed by atoms with E-state index in [1.165, 1.54) is 22.7 Å². The number of amides is 1. The van der Waals surface area contributed by atoms with Gasteiger partial charge in [-0.25, -0.2) is 9.78 Å².